The molecule has 1 amide bonds. The Balaban J connectivity index is 1.72. The number of aryl methyl sites for hydroxylation is 1. The molecule has 0 aromatic heterocycles. The van der Waals surface area contributed by atoms with Gasteiger partial charge in [-0.2, -0.15) is 5.10 Å². The number of hydrogen-bond acceptors (Lipinski definition) is 4. The number of rotatable bonds is 4. The highest BCUT2D eigenvalue weighted by atomic mass is 16.5. The van der Waals surface area contributed by atoms with Crippen LogP contribution < -0.4 is 0 Å². The van der Waals surface area contributed by atoms with Gasteiger partial charge < -0.3 is 4.74 Å². The molecule has 2 heterocycles. The zero-order valence-corrected chi connectivity index (χ0v) is 13.1. The zero-order valence-electron chi connectivity index (χ0n) is 13.1. The summed E-state index contributed by atoms with van der Waals surface area (Å²) in [6, 6.07) is 8.50. The number of hydrazone groups is 1. The van der Waals surface area contributed by atoms with E-state index >= 15 is 0 Å². The van der Waals surface area contributed by atoms with E-state index in [1.807, 2.05) is 0 Å². The van der Waals surface area contributed by atoms with Crippen LogP contribution in [0, 0.1) is 0 Å². The topological polar surface area (TPSA) is 45.1 Å². The summed E-state index contributed by atoms with van der Waals surface area (Å²) in [4.78, 5) is 14.3. The summed E-state index contributed by atoms with van der Waals surface area (Å²) < 4.78 is 5.35. The van der Waals surface area contributed by atoms with Crippen LogP contribution in [0.25, 0.3) is 0 Å². The Morgan fingerprint density at radius 2 is 1.86 bits per heavy atom. The summed E-state index contributed by atoms with van der Waals surface area (Å²) in [5.74, 6) is 0.112. The minimum atomic E-state index is 0.112. The molecule has 0 spiro atoms. The fourth-order valence-corrected chi connectivity index (χ4v) is 2.78. The Labute approximate surface area is 131 Å². The van der Waals surface area contributed by atoms with Crippen molar-refractivity contribution in [1.29, 1.82) is 0 Å². The zero-order chi connectivity index (χ0) is 15.4. The van der Waals surface area contributed by atoms with Crippen molar-refractivity contribution in [3.8, 4) is 0 Å². The van der Waals surface area contributed by atoms with E-state index in [0.29, 0.717) is 13.1 Å². The van der Waals surface area contributed by atoms with Crippen LogP contribution >= 0.6 is 0 Å². The van der Waals surface area contributed by atoms with Crippen molar-refractivity contribution in [3.05, 3.63) is 35.4 Å². The van der Waals surface area contributed by atoms with E-state index < -0.39 is 0 Å². The molecule has 1 saturated heterocycles. The Morgan fingerprint density at radius 1 is 1.14 bits per heavy atom. The van der Waals surface area contributed by atoms with Gasteiger partial charge in [-0.15, -0.1) is 0 Å². The third-order valence-corrected chi connectivity index (χ3v) is 4.24. The molecule has 5 nitrogen and oxygen atoms in total. The molecule has 0 bridgehead atoms. The Hall–Kier alpha value is -1.72. The molecule has 1 aromatic rings. The molecule has 2 aliphatic heterocycles. The quantitative estimate of drug-likeness (QED) is 0.853. The molecule has 0 saturated carbocycles. The van der Waals surface area contributed by atoms with Crippen LogP contribution in [0.1, 0.15) is 30.9 Å². The summed E-state index contributed by atoms with van der Waals surface area (Å²) in [7, 11) is 0. The van der Waals surface area contributed by atoms with E-state index in [0.717, 1.165) is 50.4 Å². The molecule has 0 unspecified atom stereocenters. The SMILES string of the molecule is CCc1ccc(C2=NN(CN3CCOCC3)C(=O)CC2)cc1. The summed E-state index contributed by atoms with van der Waals surface area (Å²) in [5.41, 5.74) is 3.45. The number of benzene rings is 1. The average molecular weight is 301 g/mol. The summed E-state index contributed by atoms with van der Waals surface area (Å²) in [6.45, 7) is 5.91. The number of amides is 1. The van der Waals surface area contributed by atoms with E-state index in [1.165, 1.54) is 5.56 Å². The first-order valence-electron chi connectivity index (χ1n) is 8.03. The van der Waals surface area contributed by atoms with Crippen LogP contribution in [0.2, 0.25) is 0 Å². The summed E-state index contributed by atoms with van der Waals surface area (Å²) in [6.07, 6.45) is 2.30. The molecule has 1 fully saturated rings. The summed E-state index contributed by atoms with van der Waals surface area (Å²) >= 11 is 0. The molecule has 1 aromatic carbocycles. The van der Waals surface area contributed by atoms with E-state index in [4.69, 9.17) is 4.74 Å². The molecule has 22 heavy (non-hydrogen) atoms. The number of morpholine rings is 1. The second kappa shape index (κ2) is 7.03. The summed E-state index contributed by atoms with van der Waals surface area (Å²) in [5, 5.41) is 6.22. The molecular formula is C17H23N3O2. The van der Waals surface area contributed by atoms with Crippen LogP contribution in [0.3, 0.4) is 0 Å². The van der Waals surface area contributed by atoms with Crippen molar-refractivity contribution < 1.29 is 9.53 Å². The predicted octanol–water partition coefficient (Wildman–Crippen LogP) is 1.87. The molecule has 0 N–H and O–H groups in total. The average Bonchev–Trinajstić information content (AvgIpc) is 2.58. The molecular weight excluding hydrogens is 278 g/mol. The first kappa shape index (κ1) is 15.2. The third kappa shape index (κ3) is 3.54. The van der Waals surface area contributed by atoms with E-state index in [2.05, 4.69) is 41.2 Å². The molecule has 3 rings (SSSR count). The van der Waals surface area contributed by atoms with Gasteiger partial charge in [0, 0.05) is 25.9 Å². The van der Waals surface area contributed by atoms with Crippen molar-refractivity contribution in [3.63, 3.8) is 0 Å². The van der Waals surface area contributed by atoms with Gasteiger partial charge in [0.15, 0.2) is 0 Å². The maximum Gasteiger partial charge on any atom is 0.244 e. The van der Waals surface area contributed by atoms with Gasteiger partial charge in [0.1, 0.15) is 0 Å². The van der Waals surface area contributed by atoms with Crippen molar-refractivity contribution in [2.45, 2.75) is 26.2 Å². The molecule has 0 radical (unpaired) electrons. The second-order valence-corrected chi connectivity index (χ2v) is 5.76. The highest BCUT2D eigenvalue weighted by Gasteiger charge is 2.23. The number of hydrogen-bond donors (Lipinski definition) is 0. The van der Waals surface area contributed by atoms with Crippen LogP contribution in [-0.2, 0) is 16.0 Å². The van der Waals surface area contributed by atoms with Gasteiger partial charge in [0.05, 0.1) is 25.6 Å². The van der Waals surface area contributed by atoms with Crippen LogP contribution in [0.4, 0.5) is 0 Å². The standard InChI is InChI=1S/C17H23N3O2/c1-2-14-3-5-15(6-4-14)16-7-8-17(21)20(18-16)13-19-9-11-22-12-10-19/h3-6H,2,7-13H2,1H3. The molecule has 0 atom stereocenters. The number of nitrogens with zero attached hydrogens (tertiary/aromatic N) is 3. The largest absolute Gasteiger partial charge is 0.379 e. The van der Waals surface area contributed by atoms with Gasteiger partial charge in [-0.05, 0) is 17.5 Å². The lowest BCUT2D eigenvalue weighted by Gasteiger charge is -2.32. The lowest BCUT2D eigenvalue weighted by molar-refractivity contribution is -0.135. The lowest BCUT2D eigenvalue weighted by atomic mass is 10.0. The van der Waals surface area contributed by atoms with E-state index in [9.17, 15) is 4.79 Å². The minimum Gasteiger partial charge on any atom is -0.379 e. The number of carbonyl (C=O) groups excluding carboxylic acids is 1. The predicted molar refractivity (Wildman–Crippen MR) is 85.7 cm³/mol. The van der Waals surface area contributed by atoms with Gasteiger partial charge in [-0.3, -0.25) is 9.69 Å². The Morgan fingerprint density at radius 3 is 2.55 bits per heavy atom. The Kier molecular flexibility index (Phi) is 4.85. The van der Waals surface area contributed by atoms with Crippen LogP contribution in [-0.4, -0.2) is 54.5 Å². The van der Waals surface area contributed by atoms with Gasteiger partial charge in [-0.25, -0.2) is 5.01 Å². The van der Waals surface area contributed by atoms with E-state index in [-0.39, 0.29) is 5.91 Å². The van der Waals surface area contributed by atoms with Crippen molar-refractivity contribution >= 4 is 11.6 Å². The lowest BCUT2D eigenvalue weighted by Crippen LogP contribution is -2.45. The second-order valence-electron chi connectivity index (χ2n) is 5.76. The van der Waals surface area contributed by atoms with Crippen molar-refractivity contribution in [2.75, 3.05) is 33.0 Å². The smallest absolute Gasteiger partial charge is 0.244 e. The fourth-order valence-electron chi connectivity index (χ4n) is 2.78. The van der Waals surface area contributed by atoms with Crippen LogP contribution in [0.15, 0.2) is 29.4 Å². The maximum absolute atomic E-state index is 12.1. The molecule has 0 aliphatic carbocycles. The fraction of sp³-hybridized carbons (Fsp3) is 0.529. The number of carbonyl (C=O) groups is 1. The van der Waals surface area contributed by atoms with Gasteiger partial charge >= 0.3 is 0 Å². The molecule has 118 valence electrons. The van der Waals surface area contributed by atoms with Gasteiger partial charge in [0.2, 0.25) is 5.91 Å². The normalized spacial score (nSPS) is 20.1. The highest BCUT2D eigenvalue weighted by Crippen LogP contribution is 2.17. The monoisotopic (exact) mass is 301 g/mol. The first-order chi connectivity index (χ1) is 10.8. The molecule has 5 heteroatoms. The molecule has 2 aliphatic rings. The first-order valence-corrected chi connectivity index (χ1v) is 8.03. The maximum atomic E-state index is 12.1. The number of ether oxygens (including phenoxy) is 1. The highest BCUT2D eigenvalue weighted by molar-refractivity contribution is 6.04. The van der Waals surface area contributed by atoms with Crippen LogP contribution in [0.5, 0.6) is 0 Å². The van der Waals surface area contributed by atoms with Gasteiger partial charge in [-0.1, -0.05) is 31.2 Å². The third-order valence-electron chi connectivity index (χ3n) is 4.24. The van der Waals surface area contributed by atoms with Crippen molar-refractivity contribution in [1.82, 2.24) is 9.91 Å². The van der Waals surface area contributed by atoms with Gasteiger partial charge in [0.25, 0.3) is 0 Å². The minimum absolute atomic E-state index is 0.112. The van der Waals surface area contributed by atoms with Crippen molar-refractivity contribution in [2.24, 2.45) is 5.10 Å². The Bertz CT molecular complexity index is 548. The van der Waals surface area contributed by atoms with E-state index in [1.54, 1.807) is 5.01 Å².